The number of allylic oxidation sites excluding steroid dienone is 2. The quantitative estimate of drug-likeness (QED) is 0.282. The number of methoxy groups -OCH3 is 1. The number of carbonyl (C=O) groups excluding carboxylic acids is 2. The Labute approximate surface area is 238 Å². The average Bonchev–Trinajstić information content (AvgIpc) is 2.94. The number of non-ortho nitro benzene ring substituents is 1. The molecule has 0 aromatic heterocycles. The van der Waals surface area contributed by atoms with Crippen molar-refractivity contribution < 1.29 is 24.0 Å². The van der Waals surface area contributed by atoms with Gasteiger partial charge in [-0.1, -0.05) is 29.8 Å². The molecule has 2 aromatic carbocycles. The van der Waals surface area contributed by atoms with E-state index in [1.54, 1.807) is 19.9 Å². The molecule has 0 saturated carbocycles. The molecular formula is C29H33ClN4O6. The van der Waals surface area contributed by atoms with E-state index in [9.17, 15) is 19.7 Å². The van der Waals surface area contributed by atoms with Gasteiger partial charge in [0.05, 0.1) is 29.1 Å². The first-order chi connectivity index (χ1) is 19.1. The van der Waals surface area contributed by atoms with Crippen LogP contribution in [0.3, 0.4) is 0 Å². The van der Waals surface area contributed by atoms with E-state index in [0.29, 0.717) is 23.5 Å². The topological polar surface area (TPSA) is 114 Å². The summed E-state index contributed by atoms with van der Waals surface area (Å²) in [7, 11) is 1.25. The molecule has 1 unspecified atom stereocenters. The van der Waals surface area contributed by atoms with Gasteiger partial charge < -0.3 is 19.7 Å². The van der Waals surface area contributed by atoms with Crippen LogP contribution in [0.5, 0.6) is 0 Å². The van der Waals surface area contributed by atoms with Crippen molar-refractivity contribution in [1.29, 1.82) is 0 Å². The third kappa shape index (κ3) is 6.29. The Kier molecular flexibility index (Phi) is 9.11. The number of nitro benzene ring substituents is 1. The van der Waals surface area contributed by atoms with Crippen molar-refractivity contribution in [2.24, 2.45) is 0 Å². The normalized spacial score (nSPS) is 17.9. The van der Waals surface area contributed by atoms with E-state index in [-0.39, 0.29) is 23.4 Å². The molecule has 0 bridgehead atoms. The SMILES string of the molecule is COC(=O)C1=C(C)NC(C)=C(C(=O)OCCN2CCN(c3ccc(C)c(Cl)c3)CC2)C1c1cccc([N+](=O)[O-])c1. The van der Waals surface area contributed by atoms with Crippen molar-refractivity contribution in [2.75, 3.05) is 51.3 Å². The maximum atomic E-state index is 13.4. The molecule has 40 heavy (non-hydrogen) atoms. The van der Waals surface area contributed by atoms with Gasteiger partial charge >= 0.3 is 11.9 Å². The molecule has 2 heterocycles. The predicted molar refractivity (Wildman–Crippen MR) is 152 cm³/mol. The second kappa shape index (κ2) is 12.5. The number of nitro groups is 1. The molecule has 2 aromatic rings. The highest BCUT2D eigenvalue weighted by Crippen LogP contribution is 2.40. The Morgan fingerprint density at radius 2 is 1.70 bits per heavy atom. The van der Waals surface area contributed by atoms with Gasteiger partial charge in [-0.3, -0.25) is 15.0 Å². The van der Waals surface area contributed by atoms with Gasteiger partial charge in [0, 0.05) is 67.0 Å². The van der Waals surface area contributed by atoms with Gasteiger partial charge in [0.15, 0.2) is 0 Å². The second-order valence-electron chi connectivity index (χ2n) is 9.88. The fourth-order valence-corrected chi connectivity index (χ4v) is 5.32. The fourth-order valence-electron chi connectivity index (χ4n) is 5.15. The third-order valence-electron chi connectivity index (χ3n) is 7.33. The summed E-state index contributed by atoms with van der Waals surface area (Å²) in [6.45, 7) is 9.35. The smallest absolute Gasteiger partial charge is 0.336 e. The monoisotopic (exact) mass is 568 g/mol. The first kappa shape index (κ1) is 29.1. The van der Waals surface area contributed by atoms with E-state index in [4.69, 9.17) is 21.1 Å². The minimum Gasteiger partial charge on any atom is -0.466 e. The van der Waals surface area contributed by atoms with E-state index in [1.807, 2.05) is 19.1 Å². The zero-order valence-corrected chi connectivity index (χ0v) is 23.8. The lowest BCUT2D eigenvalue weighted by Crippen LogP contribution is -2.47. The Hall–Kier alpha value is -3.89. The number of hydrogen-bond acceptors (Lipinski definition) is 9. The maximum Gasteiger partial charge on any atom is 0.336 e. The molecule has 0 amide bonds. The molecule has 212 valence electrons. The zero-order chi connectivity index (χ0) is 29.0. The molecule has 1 fully saturated rings. The lowest BCUT2D eigenvalue weighted by Gasteiger charge is -2.36. The number of anilines is 1. The molecule has 11 heteroatoms. The fraction of sp³-hybridized carbons (Fsp3) is 0.379. The Morgan fingerprint density at radius 3 is 2.33 bits per heavy atom. The summed E-state index contributed by atoms with van der Waals surface area (Å²) in [5, 5.41) is 15.3. The average molecular weight is 569 g/mol. The molecular weight excluding hydrogens is 536 g/mol. The number of benzene rings is 2. The minimum absolute atomic E-state index is 0.143. The summed E-state index contributed by atoms with van der Waals surface area (Å²) < 4.78 is 10.7. The molecule has 0 radical (unpaired) electrons. The molecule has 4 rings (SSSR count). The first-order valence-corrected chi connectivity index (χ1v) is 13.4. The number of hydrogen-bond donors (Lipinski definition) is 1. The molecule has 0 aliphatic carbocycles. The summed E-state index contributed by atoms with van der Waals surface area (Å²) in [5.74, 6) is -2.11. The van der Waals surface area contributed by atoms with Crippen LogP contribution < -0.4 is 10.2 Å². The molecule has 1 saturated heterocycles. The summed E-state index contributed by atoms with van der Waals surface area (Å²) in [6.07, 6.45) is 0. The van der Waals surface area contributed by atoms with Gasteiger partial charge in [-0.25, -0.2) is 9.59 Å². The summed E-state index contributed by atoms with van der Waals surface area (Å²) in [5.41, 5.74) is 3.85. The first-order valence-electron chi connectivity index (χ1n) is 13.0. The molecule has 2 aliphatic heterocycles. The number of halogens is 1. The molecule has 0 spiro atoms. The second-order valence-corrected chi connectivity index (χ2v) is 10.3. The van der Waals surface area contributed by atoms with Crippen LogP contribution >= 0.6 is 11.6 Å². The molecule has 1 atom stereocenters. The van der Waals surface area contributed by atoms with Crippen molar-refractivity contribution in [1.82, 2.24) is 10.2 Å². The van der Waals surface area contributed by atoms with Crippen LogP contribution in [0.4, 0.5) is 11.4 Å². The number of aryl methyl sites for hydroxylation is 1. The Morgan fingerprint density at radius 1 is 1.02 bits per heavy atom. The zero-order valence-electron chi connectivity index (χ0n) is 23.0. The van der Waals surface area contributed by atoms with Crippen LogP contribution in [-0.4, -0.2) is 68.2 Å². The minimum atomic E-state index is -0.883. The molecule has 2 aliphatic rings. The summed E-state index contributed by atoms with van der Waals surface area (Å²) in [4.78, 5) is 41.7. The van der Waals surface area contributed by atoms with Gasteiger partial charge in [0.1, 0.15) is 6.61 Å². The lowest BCUT2D eigenvalue weighted by atomic mass is 9.80. The van der Waals surface area contributed by atoms with Crippen LogP contribution in [-0.2, 0) is 19.1 Å². The van der Waals surface area contributed by atoms with E-state index in [1.165, 1.54) is 25.3 Å². The number of esters is 2. The van der Waals surface area contributed by atoms with Crippen LogP contribution in [0.25, 0.3) is 0 Å². The van der Waals surface area contributed by atoms with E-state index >= 15 is 0 Å². The van der Waals surface area contributed by atoms with Crippen LogP contribution in [0.15, 0.2) is 65.0 Å². The largest absolute Gasteiger partial charge is 0.466 e. The number of dihydropyridines is 1. The van der Waals surface area contributed by atoms with E-state index < -0.39 is 22.8 Å². The number of rotatable bonds is 8. The van der Waals surface area contributed by atoms with Crippen molar-refractivity contribution >= 4 is 34.9 Å². The van der Waals surface area contributed by atoms with Gasteiger partial charge in [0.2, 0.25) is 0 Å². The summed E-state index contributed by atoms with van der Waals surface area (Å²) in [6, 6.07) is 12.0. The standard InChI is InChI=1S/C29H33ClN4O6/c1-18-8-9-22(17-24(18)30)33-12-10-32(11-13-33)14-15-40-29(36)26-20(3)31-19(2)25(28(35)39-4)27(26)21-6-5-7-23(16-21)34(37)38/h5-9,16-17,27,31H,10-15H2,1-4H3. The van der Waals surface area contributed by atoms with Gasteiger partial charge in [0.25, 0.3) is 5.69 Å². The van der Waals surface area contributed by atoms with Gasteiger partial charge in [-0.2, -0.15) is 0 Å². The van der Waals surface area contributed by atoms with Crippen molar-refractivity contribution in [3.05, 3.63) is 91.3 Å². The van der Waals surface area contributed by atoms with Crippen molar-refractivity contribution in [3.8, 4) is 0 Å². The lowest BCUT2D eigenvalue weighted by molar-refractivity contribution is -0.384. The number of carbonyl (C=O) groups is 2. The van der Waals surface area contributed by atoms with E-state index in [2.05, 4.69) is 21.2 Å². The Balaban J connectivity index is 1.45. The Bertz CT molecular complexity index is 1380. The highest BCUT2D eigenvalue weighted by Gasteiger charge is 2.38. The molecule has 10 nitrogen and oxygen atoms in total. The maximum absolute atomic E-state index is 13.4. The highest BCUT2D eigenvalue weighted by molar-refractivity contribution is 6.31. The number of nitrogens with one attached hydrogen (secondary N) is 1. The predicted octanol–water partition coefficient (Wildman–Crippen LogP) is 4.33. The molecule has 1 N–H and O–H groups in total. The van der Waals surface area contributed by atoms with Crippen LogP contribution in [0.1, 0.15) is 30.9 Å². The van der Waals surface area contributed by atoms with Crippen LogP contribution in [0, 0.1) is 17.0 Å². The van der Waals surface area contributed by atoms with E-state index in [0.717, 1.165) is 42.5 Å². The van der Waals surface area contributed by atoms with Crippen molar-refractivity contribution in [2.45, 2.75) is 26.7 Å². The number of ether oxygens (including phenoxy) is 2. The van der Waals surface area contributed by atoms with Crippen LogP contribution in [0.2, 0.25) is 5.02 Å². The third-order valence-corrected chi connectivity index (χ3v) is 7.74. The summed E-state index contributed by atoms with van der Waals surface area (Å²) >= 11 is 6.30. The highest BCUT2D eigenvalue weighted by atomic mass is 35.5. The number of nitrogens with zero attached hydrogens (tertiary/aromatic N) is 3. The van der Waals surface area contributed by atoms with Gasteiger partial charge in [-0.15, -0.1) is 0 Å². The van der Waals surface area contributed by atoms with Crippen molar-refractivity contribution in [3.63, 3.8) is 0 Å². The van der Waals surface area contributed by atoms with Gasteiger partial charge in [-0.05, 0) is 44.0 Å². The number of piperazine rings is 1.